The number of rotatable bonds is 4. The molecule has 1 heterocycles. The molecule has 19 heavy (non-hydrogen) atoms. The van der Waals surface area contributed by atoms with E-state index in [2.05, 4.69) is 10.2 Å². The van der Waals surface area contributed by atoms with Crippen molar-refractivity contribution < 1.29 is 4.74 Å². The van der Waals surface area contributed by atoms with E-state index in [1.165, 1.54) is 0 Å². The minimum absolute atomic E-state index is 0.0174. The Kier molecular flexibility index (Phi) is 4.93. The number of ether oxygens (including phenoxy) is 1. The van der Waals surface area contributed by atoms with E-state index in [-0.39, 0.29) is 12.3 Å². The smallest absolute Gasteiger partial charge is 0.129 e. The summed E-state index contributed by atoms with van der Waals surface area (Å²) in [6.45, 7) is 4.06. The normalized spacial score (nSPS) is 24.4. The molecule has 1 fully saturated rings. The maximum atomic E-state index is 7.89. The highest BCUT2D eigenvalue weighted by Crippen LogP contribution is 2.18. The zero-order chi connectivity index (χ0) is 13.8. The molecular weight excluding hydrogens is 262 g/mol. The maximum Gasteiger partial charge on any atom is 0.129 e. The van der Waals surface area contributed by atoms with Crippen molar-refractivity contribution in [3.05, 3.63) is 34.9 Å². The molecule has 0 aliphatic carbocycles. The van der Waals surface area contributed by atoms with Gasteiger partial charge in [-0.2, -0.15) is 0 Å². The third-order valence-electron chi connectivity index (χ3n) is 3.39. The van der Waals surface area contributed by atoms with Gasteiger partial charge in [0.05, 0.1) is 12.6 Å². The van der Waals surface area contributed by atoms with Crippen molar-refractivity contribution in [3.63, 3.8) is 0 Å². The molecule has 4 nitrogen and oxygen atoms in total. The van der Waals surface area contributed by atoms with E-state index in [1.54, 1.807) is 0 Å². The summed E-state index contributed by atoms with van der Waals surface area (Å²) in [6.07, 6.45) is -0.160. The van der Waals surface area contributed by atoms with Gasteiger partial charge in [-0.05, 0) is 25.6 Å². The summed E-state index contributed by atoms with van der Waals surface area (Å²) in [5, 5.41) is 11.9. The zero-order valence-electron chi connectivity index (χ0n) is 11.3. The Hall–Kier alpha value is -0.940. The number of halogens is 1. The minimum Gasteiger partial charge on any atom is -0.357 e. The predicted molar refractivity (Wildman–Crippen MR) is 77.9 cm³/mol. The molecule has 1 aliphatic heterocycles. The first-order valence-electron chi connectivity index (χ1n) is 6.43. The van der Waals surface area contributed by atoms with Gasteiger partial charge in [-0.1, -0.05) is 29.8 Å². The molecule has 104 valence electrons. The van der Waals surface area contributed by atoms with Crippen LogP contribution in [0.25, 0.3) is 0 Å². The number of benzene rings is 1. The Morgan fingerprint density at radius 2 is 2.26 bits per heavy atom. The van der Waals surface area contributed by atoms with Crippen LogP contribution in [-0.4, -0.2) is 43.0 Å². The van der Waals surface area contributed by atoms with Gasteiger partial charge >= 0.3 is 0 Å². The van der Waals surface area contributed by atoms with Crippen molar-refractivity contribution in [1.29, 1.82) is 5.41 Å². The molecule has 0 bridgehead atoms. The predicted octanol–water partition coefficient (Wildman–Crippen LogP) is 2.13. The van der Waals surface area contributed by atoms with Crippen LogP contribution < -0.4 is 5.32 Å². The fourth-order valence-electron chi connectivity index (χ4n) is 2.37. The number of piperazine rings is 1. The maximum absolute atomic E-state index is 7.89. The van der Waals surface area contributed by atoms with E-state index in [4.69, 9.17) is 21.7 Å². The second-order valence-corrected chi connectivity index (χ2v) is 5.29. The lowest BCUT2D eigenvalue weighted by Gasteiger charge is -2.39. The van der Waals surface area contributed by atoms with E-state index >= 15 is 0 Å². The van der Waals surface area contributed by atoms with Crippen LogP contribution in [0.4, 0.5) is 0 Å². The fraction of sp³-hybridized carbons (Fsp3) is 0.500. The molecule has 1 saturated heterocycles. The Labute approximate surface area is 119 Å². The summed E-state index contributed by atoms with van der Waals surface area (Å²) < 4.78 is 5.92. The lowest BCUT2D eigenvalue weighted by molar-refractivity contribution is -0.0361. The van der Waals surface area contributed by atoms with Crippen LogP contribution in [0.15, 0.2) is 24.3 Å². The van der Waals surface area contributed by atoms with Crippen LogP contribution >= 0.6 is 11.6 Å². The molecule has 1 aliphatic rings. The monoisotopic (exact) mass is 281 g/mol. The van der Waals surface area contributed by atoms with Crippen molar-refractivity contribution in [1.82, 2.24) is 10.2 Å². The average Bonchev–Trinajstić information content (AvgIpc) is 2.37. The molecule has 1 aromatic rings. The lowest BCUT2D eigenvalue weighted by atomic mass is 10.1. The number of hydrogen-bond donors (Lipinski definition) is 2. The Balaban J connectivity index is 2.01. The number of nitrogens with zero attached hydrogens (tertiary/aromatic N) is 1. The van der Waals surface area contributed by atoms with E-state index < -0.39 is 0 Å². The van der Waals surface area contributed by atoms with Crippen LogP contribution in [0.1, 0.15) is 12.5 Å². The fourth-order valence-corrected chi connectivity index (χ4v) is 2.56. The molecule has 2 atom stereocenters. The number of likely N-dealkylation sites (N-methyl/N-ethyl adjacent to an activating group) is 1. The highest BCUT2D eigenvalue weighted by Gasteiger charge is 2.31. The summed E-state index contributed by atoms with van der Waals surface area (Å²) >= 11 is 6.12. The van der Waals surface area contributed by atoms with E-state index in [1.807, 2.05) is 38.2 Å². The largest absolute Gasteiger partial charge is 0.357 e. The molecule has 2 rings (SSSR count). The first-order chi connectivity index (χ1) is 9.09. The van der Waals surface area contributed by atoms with Crippen LogP contribution in [0.3, 0.4) is 0 Å². The van der Waals surface area contributed by atoms with Crippen LogP contribution in [0.2, 0.25) is 5.02 Å². The molecular formula is C14H20ClN3O. The van der Waals surface area contributed by atoms with Gasteiger partial charge in [0.15, 0.2) is 0 Å². The minimum atomic E-state index is -0.160. The SMILES string of the molecule is CC(=N)C1[C@H](OCc2ccccc2Cl)NCCN1C. The van der Waals surface area contributed by atoms with Gasteiger partial charge in [0, 0.05) is 23.8 Å². The Morgan fingerprint density at radius 1 is 1.53 bits per heavy atom. The Bertz CT molecular complexity index is 452. The lowest BCUT2D eigenvalue weighted by Crippen LogP contribution is -2.60. The molecule has 1 aromatic carbocycles. The molecule has 1 unspecified atom stereocenters. The molecule has 0 radical (unpaired) electrons. The molecule has 0 aromatic heterocycles. The highest BCUT2D eigenvalue weighted by atomic mass is 35.5. The second kappa shape index (κ2) is 6.48. The second-order valence-electron chi connectivity index (χ2n) is 4.89. The molecule has 5 heteroatoms. The van der Waals surface area contributed by atoms with Crippen molar-refractivity contribution in [2.75, 3.05) is 20.1 Å². The number of nitrogens with one attached hydrogen (secondary N) is 2. The molecule has 2 N–H and O–H groups in total. The summed E-state index contributed by atoms with van der Waals surface area (Å²) in [4.78, 5) is 2.15. The van der Waals surface area contributed by atoms with Crippen molar-refractivity contribution in [3.8, 4) is 0 Å². The van der Waals surface area contributed by atoms with Gasteiger partial charge < -0.3 is 10.1 Å². The van der Waals surface area contributed by atoms with Crippen molar-refractivity contribution in [2.45, 2.75) is 25.8 Å². The average molecular weight is 282 g/mol. The van der Waals surface area contributed by atoms with Crippen LogP contribution in [0.5, 0.6) is 0 Å². The summed E-state index contributed by atoms with van der Waals surface area (Å²) in [6, 6.07) is 7.66. The third kappa shape index (κ3) is 3.54. The van der Waals surface area contributed by atoms with Crippen LogP contribution in [-0.2, 0) is 11.3 Å². The molecule has 0 spiro atoms. The van der Waals surface area contributed by atoms with E-state index in [9.17, 15) is 0 Å². The van der Waals surface area contributed by atoms with Crippen LogP contribution in [0, 0.1) is 5.41 Å². The van der Waals surface area contributed by atoms with Gasteiger partial charge in [-0.3, -0.25) is 10.2 Å². The quantitative estimate of drug-likeness (QED) is 0.831. The van der Waals surface area contributed by atoms with Crippen molar-refractivity contribution in [2.24, 2.45) is 0 Å². The third-order valence-corrected chi connectivity index (χ3v) is 3.76. The van der Waals surface area contributed by atoms with Crippen molar-refractivity contribution >= 4 is 17.3 Å². The van der Waals surface area contributed by atoms with E-state index in [0.717, 1.165) is 23.7 Å². The zero-order valence-corrected chi connectivity index (χ0v) is 12.1. The van der Waals surface area contributed by atoms with Gasteiger partial charge in [-0.25, -0.2) is 0 Å². The summed E-state index contributed by atoms with van der Waals surface area (Å²) in [5.41, 5.74) is 1.58. The van der Waals surface area contributed by atoms with E-state index in [0.29, 0.717) is 12.3 Å². The molecule has 0 saturated carbocycles. The van der Waals surface area contributed by atoms with Gasteiger partial charge in [0.25, 0.3) is 0 Å². The summed E-state index contributed by atoms with van der Waals surface area (Å²) in [7, 11) is 2.02. The standard InChI is InChI=1S/C14H20ClN3O/c1-10(16)13-14(17-7-8-18(13)2)19-9-11-5-3-4-6-12(11)15/h3-6,13-14,16-17H,7-9H2,1-2H3/t13?,14-/m0/s1. The highest BCUT2D eigenvalue weighted by molar-refractivity contribution is 6.31. The topological polar surface area (TPSA) is 48.4 Å². The Morgan fingerprint density at radius 3 is 2.95 bits per heavy atom. The first kappa shape index (κ1) is 14.5. The molecule has 0 amide bonds. The van der Waals surface area contributed by atoms with Gasteiger partial charge in [-0.15, -0.1) is 0 Å². The summed E-state index contributed by atoms with van der Waals surface area (Å²) in [5.74, 6) is 0. The number of hydrogen-bond acceptors (Lipinski definition) is 4. The first-order valence-corrected chi connectivity index (χ1v) is 6.81. The van der Waals surface area contributed by atoms with Gasteiger partial charge in [0.1, 0.15) is 6.23 Å². The van der Waals surface area contributed by atoms with Gasteiger partial charge in [0.2, 0.25) is 0 Å².